The van der Waals surface area contributed by atoms with Crippen molar-refractivity contribution in [3.05, 3.63) is 254 Å². The fourth-order valence-electron chi connectivity index (χ4n) is 12.5. The van der Waals surface area contributed by atoms with Crippen LogP contribution in [0.4, 0.5) is 11.4 Å². The van der Waals surface area contributed by atoms with E-state index in [1.165, 1.54) is 77.0 Å². The smallest absolute Gasteiger partial charge is 0.136 e. The summed E-state index contributed by atoms with van der Waals surface area (Å²) >= 11 is 0. The molecule has 0 unspecified atom stereocenters. The van der Waals surface area contributed by atoms with Gasteiger partial charge in [-0.2, -0.15) is 0 Å². The molecule has 10 aromatic carbocycles. The van der Waals surface area contributed by atoms with Crippen molar-refractivity contribution in [1.82, 2.24) is 9.13 Å². The minimum atomic E-state index is -0.285. The average Bonchev–Trinajstić information content (AvgIpc) is 4.19. The van der Waals surface area contributed by atoms with Gasteiger partial charge < -0.3 is 18.9 Å². The summed E-state index contributed by atoms with van der Waals surface area (Å²) in [5.74, 6) is 2.01. The van der Waals surface area contributed by atoms with Gasteiger partial charge in [-0.15, -0.1) is 0 Å². The minimum Gasteiger partial charge on any atom is -0.318 e. The van der Waals surface area contributed by atoms with Crippen molar-refractivity contribution in [3.63, 3.8) is 0 Å². The molecule has 12 aromatic rings. The van der Waals surface area contributed by atoms with Crippen molar-refractivity contribution < 1.29 is 0 Å². The van der Waals surface area contributed by atoms with Crippen LogP contribution in [0, 0.1) is 0 Å². The molecule has 390 valence electrons. The van der Waals surface area contributed by atoms with Gasteiger partial charge in [-0.1, -0.05) is 146 Å². The van der Waals surface area contributed by atoms with Crippen LogP contribution < -0.4 is 9.80 Å². The highest BCUT2D eigenvalue weighted by atomic mass is 15.3. The Balaban J connectivity index is 0.863. The number of para-hydroxylation sites is 2. The molecule has 0 radical (unpaired) electrons. The highest BCUT2D eigenvalue weighted by molar-refractivity contribution is 6.16. The maximum absolute atomic E-state index is 5.32. The Labute approximate surface area is 469 Å². The molecule has 0 saturated heterocycles. The molecule has 2 aliphatic heterocycles. The number of hydrogen-bond acceptors (Lipinski definition) is 4. The second-order valence-corrected chi connectivity index (χ2v) is 23.9. The number of fused-ring (bicyclic) bond motifs is 6. The van der Waals surface area contributed by atoms with Crippen molar-refractivity contribution in [2.24, 2.45) is 9.98 Å². The number of rotatable bonds is 9. The molecule has 2 aliphatic rings. The summed E-state index contributed by atoms with van der Waals surface area (Å²) in [5.41, 5.74) is 17.5. The summed E-state index contributed by atoms with van der Waals surface area (Å²) in [6, 6.07) is 88.9. The van der Waals surface area contributed by atoms with Gasteiger partial charge in [0.2, 0.25) is 0 Å². The number of aromatic nitrogens is 2. The fraction of sp³-hybridized carbons (Fsp3) is 0.162. The summed E-state index contributed by atoms with van der Waals surface area (Å²) in [7, 11) is 0. The molecule has 14 rings (SSSR count). The Bertz CT molecular complexity index is 4140. The monoisotopic (exact) mass is 1040 g/mol. The second-order valence-electron chi connectivity index (χ2n) is 23.9. The molecule has 4 heterocycles. The first kappa shape index (κ1) is 49.1. The lowest BCUT2D eigenvalue weighted by atomic mass is 9.83. The van der Waals surface area contributed by atoms with Crippen LogP contribution >= 0.6 is 0 Å². The molecule has 0 saturated carbocycles. The maximum atomic E-state index is 5.32. The summed E-state index contributed by atoms with van der Waals surface area (Å²) in [5, 5.41) is 4.85. The zero-order valence-corrected chi connectivity index (χ0v) is 46.8. The summed E-state index contributed by atoms with van der Waals surface area (Å²) in [4.78, 5) is 15.5. The van der Waals surface area contributed by atoms with Gasteiger partial charge in [0.25, 0.3) is 0 Å². The molecule has 0 fully saturated rings. The molecule has 0 amide bonds. The molecule has 0 bridgehead atoms. The number of aliphatic imine (C=N–C) groups is 2. The third kappa shape index (κ3) is 7.67. The predicted octanol–water partition coefficient (Wildman–Crippen LogP) is 18.5. The standard InChI is InChI=1S/C74H64N6/c1-71(2)73(5,6)79(69(75-71)51-21-13-9-14-22-51)59-37-29-49(30-38-59)53-33-41-65-61(45-53)63-47-55(35-43-67(63)77(65)57-25-17-11-18-26-57)56-36-44-68-64(48-56)62-46-54(34-42-66(62)78(68)58-27-19-12-20-28-58)50-31-39-60(40-32-50)80-70(52-23-15-10-16-24-52)76-72(3,4)74(80,7)8/h9-48H,1-8H3. The van der Waals surface area contributed by atoms with Crippen LogP contribution in [0.5, 0.6) is 0 Å². The molecule has 6 nitrogen and oxygen atoms in total. The van der Waals surface area contributed by atoms with Crippen LogP contribution in [-0.4, -0.2) is 43.0 Å². The van der Waals surface area contributed by atoms with E-state index >= 15 is 0 Å². The lowest BCUT2D eigenvalue weighted by molar-refractivity contribution is 0.338. The van der Waals surface area contributed by atoms with Crippen molar-refractivity contribution in [2.45, 2.75) is 77.5 Å². The lowest BCUT2D eigenvalue weighted by Crippen LogP contribution is -2.53. The number of nitrogens with zero attached hydrogens (tertiary/aromatic N) is 6. The Kier molecular flexibility index (Phi) is 11.1. The molecule has 0 N–H and O–H groups in total. The van der Waals surface area contributed by atoms with Gasteiger partial charge in [-0.25, -0.2) is 0 Å². The highest BCUT2D eigenvalue weighted by Gasteiger charge is 2.51. The Morgan fingerprint density at radius 3 is 0.812 bits per heavy atom. The van der Waals surface area contributed by atoms with E-state index in [0.717, 1.165) is 45.5 Å². The maximum Gasteiger partial charge on any atom is 0.136 e. The van der Waals surface area contributed by atoms with Crippen LogP contribution in [0.2, 0.25) is 0 Å². The first-order valence-electron chi connectivity index (χ1n) is 28.1. The van der Waals surface area contributed by atoms with Crippen molar-refractivity contribution in [1.29, 1.82) is 0 Å². The normalized spacial score (nSPS) is 16.2. The fourth-order valence-corrected chi connectivity index (χ4v) is 12.5. The molecule has 0 aliphatic carbocycles. The Hall–Kier alpha value is -9.26. The number of anilines is 2. The van der Waals surface area contributed by atoms with E-state index in [2.05, 4.69) is 317 Å². The SMILES string of the molecule is CC1(C)N=C(c2ccccc2)N(c2ccc(-c3ccc4c(c3)c3cc(-c5ccc6c(c5)c5cc(-c7ccc(N8C(c9ccccc9)=NC(C)(C)C8(C)C)cc7)ccc5n6-c5ccccc5)ccc3n4-c3ccccc3)cc2)C1(C)C. The van der Waals surface area contributed by atoms with E-state index < -0.39 is 0 Å². The van der Waals surface area contributed by atoms with Crippen LogP contribution in [-0.2, 0) is 0 Å². The minimum absolute atomic E-state index is 0.247. The van der Waals surface area contributed by atoms with Gasteiger partial charge in [0.05, 0.1) is 44.2 Å². The Morgan fingerprint density at radius 2 is 0.512 bits per heavy atom. The van der Waals surface area contributed by atoms with Crippen LogP contribution in [0.15, 0.2) is 253 Å². The molecule has 80 heavy (non-hydrogen) atoms. The van der Waals surface area contributed by atoms with Gasteiger partial charge in [0, 0.05) is 55.4 Å². The molecular weight excluding hydrogens is 973 g/mol. The largest absolute Gasteiger partial charge is 0.318 e. The second kappa shape index (κ2) is 18.2. The van der Waals surface area contributed by atoms with E-state index in [0.29, 0.717) is 0 Å². The average molecular weight is 1040 g/mol. The summed E-state index contributed by atoms with van der Waals surface area (Å²) < 4.78 is 4.83. The molecule has 0 atom stereocenters. The lowest BCUT2D eigenvalue weighted by Gasteiger charge is -2.41. The van der Waals surface area contributed by atoms with Gasteiger partial charge in [0.1, 0.15) is 11.7 Å². The van der Waals surface area contributed by atoms with Crippen LogP contribution in [0.1, 0.15) is 66.5 Å². The van der Waals surface area contributed by atoms with Crippen LogP contribution in [0.25, 0.3) is 88.4 Å². The van der Waals surface area contributed by atoms with Gasteiger partial charge in [0.15, 0.2) is 0 Å². The number of hydrogen-bond donors (Lipinski definition) is 0. The van der Waals surface area contributed by atoms with Crippen LogP contribution in [0.3, 0.4) is 0 Å². The zero-order valence-electron chi connectivity index (χ0n) is 46.8. The molecule has 0 spiro atoms. The van der Waals surface area contributed by atoms with E-state index in [4.69, 9.17) is 9.98 Å². The topological polar surface area (TPSA) is 41.1 Å². The summed E-state index contributed by atoms with van der Waals surface area (Å²) in [6.07, 6.45) is 0. The number of amidine groups is 2. The van der Waals surface area contributed by atoms with Gasteiger partial charge in [-0.3, -0.25) is 9.98 Å². The zero-order chi connectivity index (χ0) is 54.7. The van der Waals surface area contributed by atoms with Crippen molar-refractivity contribution in [2.75, 3.05) is 9.80 Å². The molecular formula is C74H64N6. The first-order valence-corrected chi connectivity index (χ1v) is 28.1. The predicted molar refractivity (Wildman–Crippen MR) is 339 cm³/mol. The number of benzene rings is 10. The van der Waals surface area contributed by atoms with Crippen molar-refractivity contribution in [3.8, 4) is 44.8 Å². The highest BCUT2D eigenvalue weighted by Crippen LogP contribution is 2.46. The van der Waals surface area contributed by atoms with E-state index in [9.17, 15) is 0 Å². The third-order valence-corrected chi connectivity index (χ3v) is 18.2. The quantitative estimate of drug-likeness (QED) is 0.145. The van der Waals surface area contributed by atoms with E-state index in [-0.39, 0.29) is 22.2 Å². The van der Waals surface area contributed by atoms with E-state index in [1.54, 1.807) is 0 Å². The van der Waals surface area contributed by atoms with Crippen molar-refractivity contribution >= 4 is 66.7 Å². The molecule has 6 heteroatoms. The first-order chi connectivity index (χ1) is 38.7. The molecule has 2 aromatic heterocycles. The van der Waals surface area contributed by atoms with Gasteiger partial charge >= 0.3 is 0 Å². The Morgan fingerprint density at radius 1 is 0.250 bits per heavy atom. The van der Waals surface area contributed by atoms with E-state index in [1.807, 2.05) is 0 Å². The third-order valence-electron chi connectivity index (χ3n) is 18.2. The summed E-state index contributed by atoms with van der Waals surface area (Å²) in [6.45, 7) is 18.2. The van der Waals surface area contributed by atoms with Gasteiger partial charge in [-0.05, 0) is 186 Å².